The number of hydrogen-bond donors (Lipinski definition) is 1. The second-order valence-electron chi connectivity index (χ2n) is 8.63. The van der Waals surface area contributed by atoms with Gasteiger partial charge in [-0.25, -0.2) is 0 Å². The second kappa shape index (κ2) is 10.8. The van der Waals surface area contributed by atoms with Crippen molar-refractivity contribution in [1.29, 1.82) is 0 Å². The summed E-state index contributed by atoms with van der Waals surface area (Å²) in [5.41, 5.74) is 3.96. The van der Waals surface area contributed by atoms with E-state index in [9.17, 15) is 9.59 Å². The fourth-order valence-electron chi connectivity index (χ4n) is 4.37. The molecule has 1 aliphatic carbocycles. The Balaban J connectivity index is 1.56. The molecule has 0 aromatic heterocycles. The number of anilines is 1. The molecule has 2 atom stereocenters. The fourth-order valence-corrected chi connectivity index (χ4v) is 4.37. The molecule has 4 nitrogen and oxygen atoms in total. The van der Waals surface area contributed by atoms with Crippen LogP contribution < -0.4 is 5.32 Å². The van der Waals surface area contributed by atoms with Crippen molar-refractivity contribution in [2.45, 2.75) is 32.9 Å². The highest BCUT2D eigenvalue weighted by atomic mass is 16.2. The minimum absolute atomic E-state index is 0.0250. The number of carbonyl (C=O) groups is 2. The molecule has 0 fully saturated rings. The van der Waals surface area contributed by atoms with Crippen molar-refractivity contribution < 1.29 is 9.59 Å². The molecular weight excluding hydrogens is 408 g/mol. The summed E-state index contributed by atoms with van der Waals surface area (Å²) < 4.78 is 0. The zero-order chi connectivity index (χ0) is 23.0. The van der Waals surface area contributed by atoms with E-state index in [1.807, 2.05) is 109 Å². The topological polar surface area (TPSA) is 49.4 Å². The highest BCUT2D eigenvalue weighted by Crippen LogP contribution is 2.30. The van der Waals surface area contributed by atoms with Crippen molar-refractivity contribution >= 4 is 17.5 Å². The summed E-state index contributed by atoms with van der Waals surface area (Å²) in [6.45, 7) is 3.00. The van der Waals surface area contributed by atoms with Crippen LogP contribution in [0.5, 0.6) is 0 Å². The Morgan fingerprint density at radius 2 is 1.27 bits per heavy atom. The van der Waals surface area contributed by atoms with Crippen LogP contribution in [0.4, 0.5) is 5.69 Å². The van der Waals surface area contributed by atoms with E-state index in [0.717, 1.165) is 22.4 Å². The van der Waals surface area contributed by atoms with Crippen molar-refractivity contribution in [3.05, 3.63) is 114 Å². The van der Waals surface area contributed by atoms with Gasteiger partial charge in [0.1, 0.15) is 0 Å². The zero-order valence-corrected chi connectivity index (χ0v) is 19.0. The molecule has 33 heavy (non-hydrogen) atoms. The Morgan fingerprint density at radius 1 is 0.758 bits per heavy atom. The normalized spacial score (nSPS) is 17.4. The number of para-hydroxylation sites is 1. The number of nitrogens with one attached hydrogen (secondary N) is 1. The first-order valence-electron chi connectivity index (χ1n) is 11.5. The molecule has 0 radical (unpaired) electrons. The van der Waals surface area contributed by atoms with Crippen LogP contribution in [0, 0.1) is 18.8 Å². The SMILES string of the molecule is Cc1ccccc1NC(=O)C1CC=CCC1C(=O)N(Cc1ccccc1)Cc1ccccc1. The summed E-state index contributed by atoms with van der Waals surface area (Å²) in [6.07, 6.45) is 5.19. The van der Waals surface area contributed by atoms with Gasteiger partial charge in [-0.05, 0) is 42.5 Å². The molecule has 1 N–H and O–H groups in total. The first-order valence-corrected chi connectivity index (χ1v) is 11.5. The lowest BCUT2D eigenvalue weighted by Crippen LogP contribution is -2.42. The Morgan fingerprint density at radius 3 is 1.85 bits per heavy atom. The maximum atomic E-state index is 13.9. The summed E-state index contributed by atoms with van der Waals surface area (Å²) in [5.74, 6) is -0.842. The minimum atomic E-state index is -0.392. The number of benzene rings is 3. The molecule has 3 aromatic carbocycles. The van der Waals surface area contributed by atoms with Gasteiger partial charge in [-0.3, -0.25) is 9.59 Å². The molecular formula is C29H30N2O2. The third-order valence-electron chi connectivity index (χ3n) is 6.23. The number of carbonyl (C=O) groups excluding carboxylic acids is 2. The quantitative estimate of drug-likeness (QED) is 0.478. The number of hydrogen-bond acceptors (Lipinski definition) is 2. The molecule has 0 spiro atoms. The van der Waals surface area contributed by atoms with Gasteiger partial charge in [-0.1, -0.05) is 91.0 Å². The Bertz CT molecular complexity index is 1070. The van der Waals surface area contributed by atoms with Crippen molar-refractivity contribution in [3.8, 4) is 0 Å². The maximum Gasteiger partial charge on any atom is 0.228 e. The molecule has 2 unspecified atom stereocenters. The van der Waals surface area contributed by atoms with E-state index in [0.29, 0.717) is 25.9 Å². The molecule has 2 amide bonds. The van der Waals surface area contributed by atoms with Gasteiger partial charge < -0.3 is 10.2 Å². The number of nitrogens with zero attached hydrogens (tertiary/aromatic N) is 1. The van der Waals surface area contributed by atoms with E-state index >= 15 is 0 Å². The van der Waals surface area contributed by atoms with Crippen LogP contribution in [-0.2, 0) is 22.7 Å². The third-order valence-corrected chi connectivity index (χ3v) is 6.23. The van der Waals surface area contributed by atoms with Gasteiger partial charge in [0.2, 0.25) is 11.8 Å². The second-order valence-corrected chi connectivity index (χ2v) is 8.63. The minimum Gasteiger partial charge on any atom is -0.334 e. The number of rotatable bonds is 7. The maximum absolute atomic E-state index is 13.9. The van der Waals surface area contributed by atoms with E-state index in [2.05, 4.69) is 5.32 Å². The van der Waals surface area contributed by atoms with E-state index in [1.54, 1.807) is 0 Å². The Labute approximate surface area is 195 Å². The van der Waals surface area contributed by atoms with Crippen LogP contribution >= 0.6 is 0 Å². The lowest BCUT2D eigenvalue weighted by Gasteiger charge is -2.32. The summed E-state index contributed by atoms with van der Waals surface area (Å²) in [5, 5.41) is 3.06. The Kier molecular flexibility index (Phi) is 7.36. The summed E-state index contributed by atoms with van der Waals surface area (Å²) >= 11 is 0. The van der Waals surface area contributed by atoms with Gasteiger partial charge in [0.25, 0.3) is 0 Å². The average molecular weight is 439 g/mol. The molecule has 4 rings (SSSR count). The van der Waals surface area contributed by atoms with E-state index in [1.165, 1.54) is 0 Å². The molecule has 1 aliphatic rings. The largest absolute Gasteiger partial charge is 0.334 e. The standard InChI is InChI=1S/C29H30N2O2/c1-22-12-8-11-19-27(22)30-28(32)25-17-9-10-18-26(25)29(33)31(20-23-13-4-2-5-14-23)21-24-15-6-3-7-16-24/h2-16,19,25-26H,17-18,20-21H2,1H3,(H,30,32). The van der Waals surface area contributed by atoms with Gasteiger partial charge in [0.05, 0.1) is 11.8 Å². The number of aryl methyl sites for hydroxylation is 1. The first kappa shape index (κ1) is 22.5. The number of allylic oxidation sites excluding steroid dienone is 2. The van der Waals surface area contributed by atoms with Gasteiger partial charge in [-0.15, -0.1) is 0 Å². The lowest BCUT2D eigenvalue weighted by molar-refractivity contribution is -0.142. The summed E-state index contributed by atoms with van der Waals surface area (Å²) in [6, 6.07) is 27.8. The van der Waals surface area contributed by atoms with Crippen LogP contribution in [0.3, 0.4) is 0 Å². The average Bonchev–Trinajstić information content (AvgIpc) is 2.86. The zero-order valence-electron chi connectivity index (χ0n) is 19.0. The molecule has 0 aliphatic heterocycles. The van der Waals surface area contributed by atoms with Crippen LogP contribution in [0.1, 0.15) is 29.5 Å². The number of amides is 2. The van der Waals surface area contributed by atoms with Crippen molar-refractivity contribution in [3.63, 3.8) is 0 Å². The molecule has 3 aromatic rings. The highest BCUT2D eigenvalue weighted by molar-refractivity contribution is 5.97. The van der Waals surface area contributed by atoms with Crippen molar-refractivity contribution in [2.75, 3.05) is 5.32 Å². The fraction of sp³-hybridized carbons (Fsp3) is 0.241. The van der Waals surface area contributed by atoms with Crippen LogP contribution in [0.2, 0.25) is 0 Å². The van der Waals surface area contributed by atoms with E-state index in [-0.39, 0.29) is 17.7 Å². The van der Waals surface area contributed by atoms with Gasteiger partial charge >= 0.3 is 0 Å². The van der Waals surface area contributed by atoms with Crippen LogP contribution in [-0.4, -0.2) is 16.7 Å². The van der Waals surface area contributed by atoms with Gasteiger partial charge in [0, 0.05) is 18.8 Å². The molecule has 4 heteroatoms. The van der Waals surface area contributed by atoms with E-state index < -0.39 is 5.92 Å². The molecule has 0 bridgehead atoms. The van der Waals surface area contributed by atoms with Crippen molar-refractivity contribution in [1.82, 2.24) is 4.90 Å². The predicted octanol–water partition coefficient (Wildman–Crippen LogP) is 5.74. The third kappa shape index (κ3) is 5.78. The monoisotopic (exact) mass is 438 g/mol. The Hall–Kier alpha value is -3.66. The predicted molar refractivity (Wildman–Crippen MR) is 132 cm³/mol. The first-order chi connectivity index (χ1) is 16.1. The molecule has 168 valence electrons. The molecule has 0 saturated carbocycles. The van der Waals surface area contributed by atoms with Gasteiger partial charge in [-0.2, -0.15) is 0 Å². The molecule has 0 saturated heterocycles. The molecule has 0 heterocycles. The lowest BCUT2D eigenvalue weighted by atomic mass is 9.81. The van der Waals surface area contributed by atoms with Gasteiger partial charge in [0.15, 0.2) is 0 Å². The van der Waals surface area contributed by atoms with E-state index in [4.69, 9.17) is 0 Å². The summed E-state index contributed by atoms with van der Waals surface area (Å²) in [4.78, 5) is 29.0. The smallest absolute Gasteiger partial charge is 0.228 e. The van der Waals surface area contributed by atoms with Crippen LogP contribution in [0.25, 0.3) is 0 Å². The summed E-state index contributed by atoms with van der Waals surface area (Å²) in [7, 11) is 0. The van der Waals surface area contributed by atoms with Crippen LogP contribution in [0.15, 0.2) is 97.1 Å². The van der Waals surface area contributed by atoms with Crippen molar-refractivity contribution in [2.24, 2.45) is 11.8 Å². The highest BCUT2D eigenvalue weighted by Gasteiger charge is 2.36.